The zero-order valence-corrected chi connectivity index (χ0v) is 17.0. The first kappa shape index (κ1) is 23.1. The van der Waals surface area contributed by atoms with Gasteiger partial charge < -0.3 is 10.3 Å². The van der Waals surface area contributed by atoms with Gasteiger partial charge >= 0.3 is 12.4 Å². The summed E-state index contributed by atoms with van der Waals surface area (Å²) >= 11 is 0. The Kier molecular flexibility index (Phi) is 5.63. The van der Waals surface area contributed by atoms with E-state index in [-0.39, 0.29) is 34.1 Å². The summed E-state index contributed by atoms with van der Waals surface area (Å²) < 4.78 is 97.1. The molecule has 0 spiro atoms. The third-order valence-corrected chi connectivity index (χ3v) is 4.86. The van der Waals surface area contributed by atoms with Crippen molar-refractivity contribution in [1.82, 2.24) is 4.57 Å². The lowest BCUT2D eigenvalue weighted by Crippen LogP contribution is -2.28. The van der Waals surface area contributed by atoms with Crippen LogP contribution in [0.5, 0.6) is 0 Å². The molecule has 0 amide bonds. The zero-order valence-electron chi connectivity index (χ0n) is 17.0. The van der Waals surface area contributed by atoms with Gasteiger partial charge in [0, 0.05) is 29.3 Å². The van der Waals surface area contributed by atoms with Crippen LogP contribution in [-0.2, 0) is 12.7 Å². The summed E-state index contributed by atoms with van der Waals surface area (Å²) in [6.07, 6.45) is -8.36. The molecule has 1 atom stereocenters. The second-order valence-corrected chi connectivity index (χ2v) is 8.66. The maximum atomic E-state index is 15.6. The summed E-state index contributed by atoms with van der Waals surface area (Å²) in [5.74, 6) is -1.03. The Labute approximate surface area is 174 Å². The van der Waals surface area contributed by atoms with E-state index in [1.165, 1.54) is 22.8 Å². The smallest absolute Gasteiger partial charge is 0.344 e. The van der Waals surface area contributed by atoms with E-state index in [1.807, 2.05) is 20.8 Å². The normalized spacial score (nSPS) is 14.3. The fourth-order valence-electron chi connectivity index (χ4n) is 3.61. The average molecular weight is 446 g/mol. The lowest BCUT2D eigenvalue weighted by atomic mass is 9.95. The van der Waals surface area contributed by atoms with Crippen molar-refractivity contribution in [3.8, 4) is 11.1 Å². The number of benzene rings is 2. The molecule has 31 heavy (non-hydrogen) atoms. The molecule has 2 nitrogen and oxygen atoms in total. The average Bonchev–Trinajstić information content (AvgIpc) is 2.97. The molecular weight excluding hydrogens is 425 g/mol. The van der Waals surface area contributed by atoms with Gasteiger partial charge in [-0.15, -0.1) is 0 Å². The molecule has 3 rings (SSSR count). The van der Waals surface area contributed by atoms with Crippen molar-refractivity contribution in [2.24, 2.45) is 11.1 Å². The number of halogens is 7. The highest BCUT2D eigenvalue weighted by Crippen LogP contribution is 2.42. The van der Waals surface area contributed by atoms with E-state index in [0.717, 1.165) is 24.4 Å². The van der Waals surface area contributed by atoms with E-state index in [4.69, 9.17) is 5.73 Å². The van der Waals surface area contributed by atoms with Gasteiger partial charge in [0.2, 0.25) is 0 Å². The van der Waals surface area contributed by atoms with Crippen molar-refractivity contribution >= 4 is 10.9 Å². The van der Waals surface area contributed by atoms with Crippen LogP contribution in [0, 0.1) is 11.2 Å². The minimum absolute atomic E-state index is 0.0835. The van der Waals surface area contributed by atoms with Crippen LogP contribution in [0.3, 0.4) is 0 Å². The third-order valence-electron chi connectivity index (χ3n) is 4.86. The summed E-state index contributed by atoms with van der Waals surface area (Å²) in [4.78, 5) is 0. The van der Waals surface area contributed by atoms with Gasteiger partial charge in [0.15, 0.2) is 5.82 Å². The lowest BCUT2D eigenvalue weighted by Gasteiger charge is -2.20. The van der Waals surface area contributed by atoms with Gasteiger partial charge in [-0.25, -0.2) is 4.39 Å². The molecule has 0 saturated heterocycles. The maximum Gasteiger partial charge on any atom is 0.417 e. The van der Waals surface area contributed by atoms with Crippen molar-refractivity contribution in [3.05, 3.63) is 59.5 Å². The van der Waals surface area contributed by atoms with E-state index < -0.39 is 35.2 Å². The van der Waals surface area contributed by atoms with E-state index >= 15 is 4.39 Å². The molecule has 9 heteroatoms. The second-order valence-electron chi connectivity index (χ2n) is 8.66. The molecule has 0 aliphatic rings. The van der Waals surface area contributed by atoms with Crippen LogP contribution in [-0.4, -0.2) is 10.7 Å². The van der Waals surface area contributed by atoms with E-state index in [1.54, 1.807) is 0 Å². The van der Waals surface area contributed by atoms with Crippen LogP contribution in [0.1, 0.15) is 37.9 Å². The van der Waals surface area contributed by atoms with Gasteiger partial charge in [-0.1, -0.05) is 51.1 Å². The summed E-state index contributed by atoms with van der Waals surface area (Å²) in [5.41, 5.74) is 2.63. The van der Waals surface area contributed by atoms with Crippen LogP contribution in [0.15, 0.2) is 42.6 Å². The Morgan fingerprint density at radius 2 is 1.52 bits per heavy atom. The molecule has 0 aliphatic carbocycles. The largest absolute Gasteiger partial charge is 0.417 e. The number of rotatable bonds is 3. The number of alkyl halides is 6. The lowest BCUT2D eigenvalue weighted by molar-refractivity contribution is -0.148. The maximum absolute atomic E-state index is 15.6. The van der Waals surface area contributed by atoms with Gasteiger partial charge in [-0.2, -0.15) is 26.3 Å². The second kappa shape index (κ2) is 7.55. The van der Waals surface area contributed by atoms with Crippen LogP contribution in [0.2, 0.25) is 0 Å². The molecule has 2 N–H and O–H groups in total. The van der Waals surface area contributed by atoms with Crippen LogP contribution in [0.25, 0.3) is 22.0 Å². The topological polar surface area (TPSA) is 30.9 Å². The van der Waals surface area contributed by atoms with Gasteiger partial charge in [0.1, 0.15) is 6.04 Å². The minimum Gasteiger partial charge on any atom is -0.344 e. The van der Waals surface area contributed by atoms with Crippen molar-refractivity contribution in [1.29, 1.82) is 0 Å². The van der Waals surface area contributed by atoms with E-state index in [2.05, 4.69) is 0 Å². The molecule has 0 fully saturated rings. The third kappa shape index (κ3) is 4.56. The molecule has 0 bridgehead atoms. The Balaban J connectivity index is 2.33. The molecule has 2 aromatic carbocycles. The molecular formula is C22H21F7N2. The van der Waals surface area contributed by atoms with Gasteiger partial charge in [0.25, 0.3) is 0 Å². The monoisotopic (exact) mass is 446 g/mol. The summed E-state index contributed by atoms with van der Waals surface area (Å²) in [7, 11) is 0. The predicted octanol–water partition coefficient (Wildman–Crippen LogP) is 7.07. The van der Waals surface area contributed by atoms with Crippen molar-refractivity contribution in [2.45, 2.75) is 45.7 Å². The fourth-order valence-corrected chi connectivity index (χ4v) is 3.61. The standard InChI is InChI=1S/C22H21F7N2/c1-20(2,3)11-31-10-15(19(30)22(27,28)29)14-9-8-13(17(23)18(14)31)12-6-4-5-7-16(12)21(24,25)26/h4-10,19H,11,30H2,1-3H3/t19-/m0/s1. The number of hydrogen-bond acceptors (Lipinski definition) is 1. The highest BCUT2D eigenvalue weighted by atomic mass is 19.4. The Morgan fingerprint density at radius 1 is 0.903 bits per heavy atom. The summed E-state index contributed by atoms with van der Waals surface area (Å²) in [6.45, 7) is 5.56. The Bertz CT molecular complexity index is 1100. The van der Waals surface area contributed by atoms with Crippen molar-refractivity contribution < 1.29 is 30.7 Å². The Hall–Kier alpha value is -2.55. The van der Waals surface area contributed by atoms with Crippen LogP contribution < -0.4 is 5.73 Å². The van der Waals surface area contributed by atoms with Crippen LogP contribution in [0.4, 0.5) is 30.7 Å². The number of fused-ring (bicyclic) bond motifs is 1. The molecule has 0 radical (unpaired) electrons. The molecule has 0 saturated carbocycles. The summed E-state index contributed by atoms with van der Waals surface area (Å²) in [5, 5.41) is -0.0835. The molecule has 1 heterocycles. The number of nitrogens with zero attached hydrogens (tertiary/aromatic N) is 1. The first-order chi connectivity index (χ1) is 14.1. The van der Waals surface area contributed by atoms with E-state index in [9.17, 15) is 26.3 Å². The summed E-state index contributed by atoms with van der Waals surface area (Å²) in [6, 6.07) is 4.39. The molecule has 0 unspecified atom stereocenters. The molecule has 3 aromatic rings. The SMILES string of the molecule is CC(C)(C)Cn1cc([C@H](N)C(F)(F)F)c2ccc(-c3ccccc3C(F)(F)F)c(F)c21. The van der Waals surface area contributed by atoms with Crippen LogP contribution >= 0.6 is 0 Å². The first-order valence-corrected chi connectivity index (χ1v) is 9.41. The minimum atomic E-state index is -4.77. The highest BCUT2D eigenvalue weighted by molar-refractivity contribution is 5.90. The molecule has 168 valence electrons. The number of nitrogens with two attached hydrogens (primary N) is 1. The van der Waals surface area contributed by atoms with Gasteiger partial charge in [0.05, 0.1) is 11.1 Å². The number of hydrogen-bond donors (Lipinski definition) is 1. The first-order valence-electron chi connectivity index (χ1n) is 9.41. The van der Waals surface area contributed by atoms with Gasteiger partial charge in [-0.3, -0.25) is 0 Å². The zero-order chi connectivity index (χ0) is 23.4. The quantitative estimate of drug-likeness (QED) is 0.429. The fraction of sp³-hybridized carbons (Fsp3) is 0.364. The predicted molar refractivity (Wildman–Crippen MR) is 105 cm³/mol. The highest BCUT2D eigenvalue weighted by Gasteiger charge is 2.40. The van der Waals surface area contributed by atoms with Crippen molar-refractivity contribution in [2.75, 3.05) is 0 Å². The van der Waals surface area contributed by atoms with E-state index in [0.29, 0.717) is 0 Å². The van der Waals surface area contributed by atoms with Gasteiger partial charge in [-0.05, 0) is 17.0 Å². The molecule has 0 aliphatic heterocycles. The van der Waals surface area contributed by atoms with Crippen molar-refractivity contribution in [3.63, 3.8) is 0 Å². The number of aromatic nitrogens is 1. The Morgan fingerprint density at radius 3 is 2.06 bits per heavy atom. The molecule has 1 aromatic heterocycles.